The van der Waals surface area contributed by atoms with E-state index in [9.17, 15) is 9.59 Å². The first-order valence-corrected chi connectivity index (χ1v) is 11.3. The second-order valence-electron chi connectivity index (χ2n) is 8.54. The molecule has 1 N–H and O–H groups in total. The van der Waals surface area contributed by atoms with E-state index in [2.05, 4.69) is 10.2 Å². The molecule has 0 bridgehead atoms. The molecule has 162 valence electrons. The molecule has 0 saturated carbocycles. The van der Waals surface area contributed by atoms with Crippen LogP contribution in [0.5, 0.6) is 0 Å². The molecule has 6 rings (SSSR count). The quantitative estimate of drug-likeness (QED) is 0.402. The number of nitrogens with zero attached hydrogens (tertiary/aromatic N) is 2. The SMILES string of the molecule is O=C1c2cccc3c(N4CCCC4)ccc(c23)C(=O)N1c1ccc(Nc2ccccc2)cc1. The smallest absolute Gasteiger partial charge is 0.265 e. The molecule has 0 atom stereocenters. The highest BCUT2D eigenvalue weighted by atomic mass is 16.2. The molecule has 0 unspecified atom stereocenters. The van der Waals surface area contributed by atoms with E-state index in [0.717, 1.165) is 40.9 Å². The van der Waals surface area contributed by atoms with Gasteiger partial charge in [-0.05, 0) is 67.4 Å². The molecular weight excluding hydrogens is 410 g/mol. The molecular formula is C28H23N3O2. The Morgan fingerprint density at radius 1 is 0.636 bits per heavy atom. The molecule has 0 aromatic heterocycles. The summed E-state index contributed by atoms with van der Waals surface area (Å²) in [6.45, 7) is 2.02. The molecule has 5 nitrogen and oxygen atoms in total. The lowest BCUT2D eigenvalue weighted by molar-refractivity contribution is 0.0893. The predicted molar refractivity (Wildman–Crippen MR) is 133 cm³/mol. The zero-order valence-electron chi connectivity index (χ0n) is 18.1. The third kappa shape index (κ3) is 3.24. The maximum atomic E-state index is 13.5. The van der Waals surface area contributed by atoms with Gasteiger partial charge in [-0.1, -0.05) is 30.3 Å². The number of carbonyl (C=O) groups is 2. The highest BCUT2D eigenvalue weighted by Crippen LogP contribution is 2.38. The number of anilines is 4. The van der Waals surface area contributed by atoms with Crippen LogP contribution in [0.15, 0.2) is 84.9 Å². The van der Waals surface area contributed by atoms with Crippen LogP contribution >= 0.6 is 0 Å². The fraction of sp³-hybridized carbons (Fsp3) is 0.143. The van der Waals surface area contributed by atoms with Crippen LogP contribution < -0.4 is 15.1 Å². The number of rotatable bonds is 4. The summed E-state index contributed by atoms with van der Waals surface area (Å²) in [4.78, 5) is 30.6. The Kier molecular flexibility index (Phi) is 4.61. The van der Waals surface area contributed by atoms with E-state index < -0.39 is 0 Å². The molecule has 0 radical (unpaired) electrons. The van der Waals surface area contributed by atoms with Crippen molar-refractivity contribution in [2.75, 3.05) is 28.2 Å². The number of carbonyl (C=O) groups excluding carboxylic acids is 2. The lowest BCUT2D eigenvalue weighted by Crippen LogP contribution is -2.40. The maximum absolute atomic E-state index is 13.5. The van der Waals surface area contributed by atoms with Crippen molar-refractivity contribution in [3.05, 3.63) is 96.1 Å². The molecule has 4 aromatic carbocycles. The van der Waals surface area contributed by atoms with Crippen molar-refractivity contribution in [3.8, 4) is 0 Å². The summed E-state index contributed by atoms with van der Waals surface area (Å²) in [5, 5.41) is 5.08. The number of hydrogen-bond acceptors (Lipinski definition) is 4. The zero-order chi connectivity index (χ0) is 22.4. The summed E-state index contributed by atoms with van der Waals surface area (Å²) in [6, 6.07) is 26.9. The minimum absolute atomic E-state index is 0.277. The standard InChI is InChI=1S/C28H23N3O2/c32-27-23-10-6-9-22-25(30-17-4-5-18-30)16-15-24(26(22)23)28(33)31(27)21-13-11-20(12-14-21)29-19-7-2-1-3-8-19/h1-3,6-16,29H,4-5,17-18H2. The van der Waals surface area contributed by atoms with Crippen LogP contribution in [-0.2, 0) is 0 Å². The third-order valence-electron chi connectivity index (χ3n) is 6.52. The van der Waals surface area contributed by atoms with Gasteiger partial charge >= 0.3 is 0 Å². The van der Waals surface area contributed by atoms with Gasteiger partial charge in [0.2, 0.25) is 0 Å². The van der Waals surface area contributed by atoms with E-state index >= 15 is 0 Å². The van der Waals surface area contributed by atoms with Gasteiger partial charge in [-0.15, -0.1) is 0 Å². The van der Waals surface area contributed by atoms with Gasteiger partial charge in [-0.25, -0.2) is 4.90 Å². The Bertz CT molecular complexity index is 1350. The van der Waals surface area contributed by atoms with Gasteiger partial charge in [-0.3, -0.25) is 9.59 Å². The van der Waals surface area contributed by atoms with E-state index in [-0.39, 0.29) is 11.8 Å². The lowest BCUT2D eigenvalue weighted by Gasteiger charge is -2.29. The van der Waals surface area contributed by atoms with Crippen LogP contribution in [0.25, 0.3) is 10.8 Å². The molecule has 1 saturated heterocycles. The fourth-order valence-corrected chi connectivity index (χ4v) is 4.93. The van der Waals surface area contributed by atoms with Gasteiger partial charge in [0, 0.05) is 52.1 Å². The van der Waals surface area contributed by atoms with E-state index in [0.29, 0.717) is 16.8 Å². The number of amides is 2. The Balaban J connectivity index is 1.37. The molecule has 2 aliphatic heterocycles. The normalized spacial score (nSPS) is 15.4. The second-order valence-corrected chi connectivity index (χ2v) is 8.54. The number of hydrogen-bond donors (Lipinski definition) is 1. The van der Waals surface area contributed by atoms with Gasteiger partial charge in [0.25, 0.3) is 11.8 Å². The lowest BCUT2D eigenvalue weighted by atomic mass is 9.92. The molecule has 0 spiro atoms. The van der Waals surface area contributed by atoms with Crippen molar-refractivity contribution in [1.29, 1.82) is 0 Å². The van der Waals surface area contributed by atoms with Crippen LogP contribution in [0.1, 0.15) is 33.6 Å². The van der Waals surface area contributed by atoms with Gasteiger partial charge in [0.1, 0.15) is 0 Å². The minimum Gasteiger partial charge on any atom is -0.371 e. The van der Waals surface area contributed by atoms with Gasteiger partial charge in [-0.2, -0.15) is 0 Å². The molecule has 33 heavy (non-hydrogen) atoms. The maximum Gasteiger partial charge on any atom is 0.265 e. The number of benzene rings is 4. The predicted octanol–water partition coefficient (Wildman–Crippen LogP) is 5.98. The van der Waals surface area contributed by atoms with Crippen molar-refractivity contribution in [1.82, 2.24) is 0 Å². The monoisotopic (exact) mass is 433 g/mol. The molecule has 2 heterocycles. The Morgan fingerprint density at radius 3 is 2.03 bits per heavy atom. The second kappa shape index (κ2) is 7.78. The van der Waals surface area contributed by atoms with Crippen molar-refractivity contribution < 1.29 is 9.59 Å². The van der Waals surface area contributed by atoms with Crippen molar-refractivity contribution in [3.63, 3.8) is 0 Å². The van der Waals surface area contributed by atoms with Crippen molar-refractivity contribution >= 4 is 45.3 Å². The highest BCUT2D eigenvalue weighted by Gasteiger charge is 2.35. The van der Waals surface area contributed by atoms with Crippen LogP contribution in [0.3, 0.4) is 0 Å². The van der Waals surface area contributed by atoms with E-state index in [4.69, 9.17) is 0 Å². The first kappa shape index (κ1) is 19.6. The summed E-state index contributed by atoms with van der Waals surface area (Å²) < 4.78 is 0. The largest absolute Gasteiger partial charge is 0.371 e. The van der Waals surface area contributed by atoms with E-state index in [1.165, 1.54) is 17.7 Å². The molecule has 5 heteroatoms. The third-order valence-corrected chi connectivity index (χ3v) is 6.52. The van der Waals surface area contributed by atoms with E-state index in [1.54, 1.807) is 0 Å². The minimum atomic E-state index is -0.277. The first-order valence-electron chi connectivity index (χ1n) is 11.3. The number of para-hydroxylation sites is 1. The van der Waals surface area contributed by atoms with Crippen LogP contribution in [0.2, 0.25) is 0 Å². The van der Waals surface area contributed by atoms with Gasteiger partial charge < -0.3 is 10.2 Å². The molecule has 0 aliphatic carbocycles. The average molecular weight is 434 g/mol. The van der Waals surface area contributed by atoms with Gasteiger partial charge in [0.05, 0.1) is 5.69 Å². The number of nitrogens with one attached hydrogen (secondary N) is 1. The van der Waals surface area contributed by atoms with Gasteiger partial charge in [0.15, 0.2) is 0 Å². The highest BCUT2D eigenvalue weighted by molar-refractivity contribution is 6.36. The molecule has 4 aromatic rings. The summed E-state index contributed by atoms with van der Waals surface area (Å²) >= 11 is 0. The topological polar surface area (TPSA) is 52.7 Å². The summed E-state index contributed by atoms with van der Waals surface area (Å²) in [5.41, 5.74) is 4.70. The van der Waals surface area contributed by atoms with Crippen molar-refractivity contribution in [2.24, 2.45) is 0 Å². The fourth-order valence-electron chi connectivity index (χ4n) is 4.93. The molecule has 2 aliphatic rings. The van der Waals surface area contributed by atoms with Crippen molar-refractivity contribution in [2.45, 2.75) is 12.8 Å². The molecule has 2 amide bonds. The summed E-state index contributed by atoms with van der Waals surface area (Å²) in [6.07, 6.45) is 2.34. The van der Waals surface area contributed by atoms with Crippen LogP contribution in [0.4, 0.5) is 22.7 Å². The number of imide groups is 1. The summed E-state index contributed by atoms with van der Waals surface area (Å²) in [7, 11) is 0. The van der Waals surface area contributed by atoms with E-state index in [1.807, 2.05) is 84.9 Å². The molecule has 1 fully saturated rings. The van der Waals surface area contributed by atoms with Crippen LogP contribution in [-0.4, -0.2) is 24.9 Å². The Hall–Kier alpha value is -4.12. The Morgan fingerprint density at radius 2 is 1.30 bits per heavy atom. The van der Waals surface area contributed by atoms with Crippen LogP contribution in [0, 0.1) is 0 Å². The summed E-state index contributed by atoms with van der Waals surface area (Å²) in [5.74, 6) is -0.555. The average Bonchev–Trinajstić information content (AvgIpc) is 3.39. The zero-order valence-corrected chi connectivity index (χ0v) is 18.1. The Labute approximate surface area is 192 Å². The first-order chi connectivity index (χ1) is 16.2.